The van der Waals surface area contributed by atoms with Crippen molar-refractivity contribution in [3.63, 3.8) is 0 Å². The summed E-state index contributed by atoms with van der Waals surface area (Å²) < 4.78 is 0. The Morgan fingerprint density at radius 1 is 0.900 bits per heavy atom. The zero-order valence-corrected chi connectivity index (χ0v) is 11.6. The van der Waals surface area contributed by atoms with Gasteiger partial charge in [0.25, 0.3) is 5.91 Å². The molecular formula is C17H17NO2. The minimum Gasteiger partial charge on any atom is -0.319 e. The Kier molecular flexibility index (Phi) is 4.31. The molecule has 1 N–H and O–H groups in total. The van der Waals surface area contributed by atoms with Gasteiger partial charge in [0, 0.05) is 12.1 Å². The number of nitrogens with one attached hydrogen (secondary N) is 1. The molecule has 2 aromatic carbocycles. The standard InChI is InChI=1S/C17H17NO2/c1-12-7-3-5-9-14(12)11-16(19)17(20)18-15-10-6-4-8-13(15)2/h3-10H,11H2,1-2H3,(H,18,20). The van der Waals surface area contributed by atoms with Gasteiger partial charge >= 0.3 is 0 Å². The Morgan fingerprint density at radius 3 is 2.15 bits per heavy atom. The maximum Gasteiger partial charge on any atom is 0.292 e. The minimum absolute atomic E-state index is 0.129. The van der Waals surface area contributed by atoms with Gasteiger partial charge in [-0.2, -0.15) is 0 Å². The summed E-state index contributed by atoms with van der Waals surface area (Å²) in [6.45, 7) is 3.82. The Bertz CT molecular complexity index is 589. The van der Waals surface area contributed by atoms with Gasteiger partial charge in [0.05, 0.1) is 0 Å². The molecule has 0 aliphatic rings. The van der Waals surface area contributed by atoms with Gasteiger partial charge in [0.15, 0.2) is 0 Å². The third-order valence-electron chi connectivity index (χ3n) is 3.26. The van der Waals surface area contributed by atoms with Gasteiger partial charge in [-0.05, 0) is 36.6 Å². The molecule has 0 saturated carbocycles. The summed E-state index contributed by atoms with van der Waals surface area (Å²) in [4.78, 5) is 23.9. The first-order valence-electron chi connectivity index (χ1n) is 6.52. The summed E-state index contributed by atoms with van der Waals surface area (Å²) >= 11 is 0. The fraction of sp³-hybridized carbons (Fsp3) is 0.176. The third kappa shape index (κ3) is 3.32. The maximum absolute atomic E-state index is 12.0. The van der Waals surface area contributed by atoms with E-state index in [0.29, 0.717) is 5.69 Å². The van der Waals surface area contributed by atoms with E-state index in [2.05, 4.69) is 5.32 Å². The highest BCUT2D eigenvalue weighted by atomic mass is 16.2. The first kappa shape index (κ1) is 14.0. The predicted molar refractivity (Wildman–Crippen MR) is 79.7 cm³/mol. The number of benzene rings is 2. The number of aryl methyl sites for hydroxylation is 2. The van der Waals surface area contributed by atoms with E-state index in [1.165, 1.54) is 0 Å². The molecule has 1 amide bonds. The van der Waals surface area contributed by atoms with Crippen LogP contribution in [-0.4, -0.2) is 11.7 Å². The zero-order valence-electron chi connectivity index (χ0n) is 11.6. The molecule has 3 heteroatoms. The maximum atomic E-state index is 12.0. The van der Waals surface area contributed by atoms with Gasteiger partial charge in [-0.15, -0.1) is 0 Å². The number of carbonyl (C=O) groups is 2. The summed E-state index contributed by atoms with van der Waals surface area (Å²) in [7, 11) is 0. The van der Waals surface area contributed by atoms with Gasteiger partial charge in [0.1, 0.15) is 0 Å². The number of amides is 1. The van der Waals surface area contributed by atoms with Crippen molar-refractivity contribution >= 4 is 17.4 Å². The summed E-state index contributed by atoms with van der Waals surface area (Å²) in [5.74, 6) is -0.995. The molecular weight excluding hydrogens is 250 g/mol. The van der Waals surface area contributed by atoms with Crippen LogP contribution < -0.4 is 5.32 Å². The van der Waals surface area contributed by atoms with Crippen LogP contribution in [0.5, 0.6) is 0 Å². The lowest BCUT2D eigenvalue weighted by Gasteiger charge is -2.08. The van der Waals surface area contributed by atoms with Crippen molar-refractivity contribution in [3.05, 3.63) is 65.2 Å². The fourth-order valence-electron chi connectivity index (χ4n) is 1.97. The highest BCUT2D eigenvalue weighted by Gasteiger charge is 2.15. The average Bonchev–Trinajstić information content (AvgIpc) is 2.43. The Morgan fingerprint density at radius 2 is 1.50 bits per heavy atom. The first-order chi connectivity index (χ1) is 9.58. The molecule has 0 atom stereocenters. The monoisotopic (exact) mass is 267 g/mol. The van der Waals surface area contributed by atoms with Gasteiger partial charge in [-0.1, -0.05) is 42.5 Å². The quantitative estimate of drug-likeness (QED) is 0.865. The van der Waals surface area contributed by atoms with E-state index >= 15 is 0 Å². The number of Topliss-reactive ketones (excluding diaryl/α,β-unsaturated/α-hetero) is 1. The molecule has 0 spiro atoms. The number of para-hydroxylation sites is 1. The lowest BCUT2D eigenvalue weighted by molar-refractivity contribution is -0.134. The predicted octanol–water partition coefficient (Wildman–Crippen LogP) is 3.05. The lowest BCUT2D eigenvalue weighted by atomic mass is 10.0. The summed E-state index contributed by atoms with van der Waals surface area (Å²) in [5.41, 5.74) is 3.52. The van der Waals surface area contributed by atoms with Crippen molar-refractivity contribution in [3.8, 4) is 0 Å². The first-order valence-corrected chi connectivity index (χ1v) is 6.52. The molecule has 2 aromatic rings. The Labute approximate surface area is 118 Å². The second-order valence-corrected chi connectivity index (χ2v) is 4.80. The van der Waals surface area contributed by atoms with Crippen molar-refractivity contribution in [2.75, 3.05) is 5.32 Å². The van der Waals surface area contributed by atoms with Crippen LogP contribution >= 0.6 is 0 Å². The highest BCUT2D eigenvalue weighted by Crippen LogP contribution is 2.14. The highest BCUT2D eigenvalue weighted by molar-refractivity contribution is 6.41. The van der Waals surface area contributed by atoms with E-state index in [-0.39, 0.29) is 6.42 Å². The summed E-state index contributed by atoms with van der Waals surface area (Å²) in [6, 6.07) is 15.0. The molecule has 0 saturated heterocycles. The van der Waals surface area contributed by atoms with E-state index < -0.39 is 11.7 Å². The number of hydrogen-bond acceptors (Lipinski definition) is 2. The van der Waals surface area contributed by atoms with Crippen molar-refractivity contribution in [1.29, 1.82) is 0 Å². The van der Waals surface area contributed by atoms with Crippen molar-refractivity contribution in [2.45, 2.75) is 20.3 Å². The Hall–Kier alpha value is -2.42. The third-order valence-corrected chi connectivity index (χ3v) is 3.26. The molecule has 0 aliphatic carbocycles. The number of anilines is 1. The average molecular weight is 267 g/mol. The molecule has 0 radical (unpaired) electrons. The molecule has 0 heterocycles. The van der Waals surface area contributed by atoms with Crippen LogP contribution in [0.15, 0.2) is 48.5 Å². The second kappa shape index (κ2) is 6.15. The van der Waals surface area contributed by atoms with Crippen LogP contribution in [0, 0.1) is 13.8 Å². The molecule has 0 fully saturated rings. The smallest absolute Gasteiger partial charge is 0.292 e. The van der Waals surface area contributed by atoms with Crippen LogP contribution in [0.2, 0.25) is 0 Å². The molecule has 0 unspecified atom stereocenters. The molecule has 3 nitrogen and oxygen atoms in total. The molecule has 102 valence electrons. The van der Waals surface area contributed by atoms with Crippen molar-refractivity contribution < 1.29 is 9.59 Å². The summed E-state index contributed by atoms with van der Waals surface area (Å²) in [5, 5.41) is 2.66. The topological polar surface area (TPSA) is 46.2 Å². The van der Waals surface area contributed by atoms with Crippen LogP contribution in [-0.2, 0) is 16.0 Å². The number of rotatable bonds is 4. The molecule has 0 aliphatic heterocycles. The van der Waals surface area contributed by atoms with Gasteiger partial charge in [-0.3, -0.25) is 9.59 Å². The van der Waals surface area contributed by atoms with Crippen LogP contribution in [0.4, 0.5) is 5.69 Å². The van der Waals surface area contributed by atoms with E-state index in [9.17, 15) is 9.59 Å². The van der Waals surface area contributed by atoms with Crippen molar-refractivity contribution in [2.24, 2.45) is 0 Å². The number of hydrogen-bond donors (Lipinski definition) is 1. The fourth-order valence-corrected chi connectivity index (χ4v) is 1.97. The van der Waals surface area contributed by atoms with E-state index in [0.717, 1.165) is 16.7 Å². The van der Waals surface area contributed by atoms with E-state index in [1.807, 2.05) is 56.3 Å². The van der Waals surface area contributed by atoms with Gasteiger partial charge < -0.3 is 5.32 Å². The van der Waals surface area contributed by atoms with Gasteiger partial charge in [-0.25, -0.2) is 0 Å². The SMILES string of the molecule is Cc1ccccc1CC(=O)C(=O)Nc1ccccc1C. The largest absolute Gasteiger partial charge is 0.319 e. The number of carbonyl (C=O) groups excluding carboxylic acids is 2. The molecule has 0 aromatic heterocycles. The second-order valence-electron chi connectivity index (χ2n) is 4.80. The Balaban J connectivity index is 2.05. The van der Waals surface area contributed by atoms with E-state index in [4.69, 9.17) is 0 Å². The van der Waals surface area contributed by atoms with Gasteiger partial charge in [0.2, 0.25) is 5.78 Å². The van der Waals surface area contributed by atoms with Crippen LogP contribution in [0.3, 0.4) is 0 Å². The van der Waals surface area contributed by atoms with Crippen LogP contribution in [0.25, 0.3) is 0 Å². The van der Waals surface area contributed by atoms with Crippen LogP contribution in [0.1, 0.15) is 16.7 Å². The normalized spacial score (nSPS) is 10.1. The molecule has 0 bridgehead atoms. The lowest BCUT2D eigenvalue weighted by Crippen LogP contribution is -2.25. The molecule has 20 heavy (non-hydrogen) atoms. The minimum atomic E-state index is -0.567. The summed E-state index contributed by atoms with van der Waals surface area (Å²) in [6.07, 6.45) is 0.129. The zero-order chi connectivity index (χ0) is 14.5. The number of ketones is 1. The molecule has 2 rings (SSSR count). The van der Waals surface area contributed by atoms with Crippen molar-refractivity contribution in [1.82, 2.24) is 0 Å². The van der Waals surface area contributed by atoms with E-state index in [1.54, 1.807) is 6.07 Å².